The van der Waals surface area contributed by atoms with Crippen LogP contribution in [0.25, 0.3) is 6.08 Å². The van der Waals surface area contributed by atoms with Crippen LogP contribution in [-0.2, 0) is 9.53 Å². The number of methoxy groups -OCH3 is 1. The molecule has 1 heterocycles. The quantitative estimate of drug-likeness (QED) is 0.419. The molecular weight excluding hydrogens is 180 g/mol. The molecule has 0 fully saturated rings. The first-order chi connectivity index (χ1) is 6.72. The summed E-state index contributed by atoms with van der Waals surface area (Å²) in [5.41, 5.74) is 0.813. The van der Waals surface area contributed by atoms with Gasteiger partial charge in [0.1, 0.15) is 5.76 Å². The van der Waals surface area contributed by atoms with Gasteiger partial charge < -0.3 is 9.15 Å². The molecular formula is C11H12O3. The molecule has 0 radical (unpaired) electrons. The smallest absolute Gasteiger partial charge is 0.330 e. The highest BCUT2D eigenvalue weighted by Crippen LogP contribution is 2.05. The Labute approximate surface area is 82.7 Å². The molecule has 0 saturated carbocycles. The van der Waals surface area contributed by atoms with Crippen LogP contribution in [0.15, 0.2) is 40.5 Å². The van der Waals surface area contributed by atoms with Crippen molar-refractivity contribution in [3.63, 3.8) is 0 Å². The first-order valence-corrected chi connectivity index (χ1v) is 4.20. The van der Waals surface area contributed by atoms with E-state index in [0.717, 1.165) is 11.3 Å². The fourth-order valence-corrected chi connectivity index (χ4v) is 0.893. The van der Waals surface area contributed by atoms with Gasteiger partial charge in [0.15, 0.2) is 0 Å². The summed E-state index contributed by atoms with van der Waals surface area (Å²) in [4.78, 5) is 10.8. The highest BCUT2D eigenvalue weighted by atomic mass is 16.5. The maximum atomic E-state index is 10.8. The molecule has 0 atom stereocenters. The maximum Gasteiger partial charge on any atom is 0.330 e. The molecule has 74 valence electrons. The van der Waals surface area contributed by atoms with Gasteiger partial charge >= 0.3 is 5.97 Å². The van der Waals surface area contributed by atoms with E-state index in [1.54, 1.807) is 24.5 Å². The summed E-state index contributed by atoms with van der Waals surface area (Å²) in [7, 11) is 1.35. The van der Waals surface area contributed by atoms with Gasteiger partial charge in [0.25, 0.3) is 0 Å². The van der Waals surface area contributed by atoms with Crippen molar-refractivity contribution in [1.29, 1.82) is 0 Å². The largest absolute Gasteiger partial charge is 0.466 e. The molecule has 0 unspecified atom stereocenters. The zero-order valence-electron chi connectivity index (χ0n) is 8.19. The van der Waals surface area contributed by atoms with Gasteiger partial charge in [0, 0.05) is 6.08 Å². The Hall–Kier alpha value is -1.77. The van der Waals surface area contributed by atoms with Crippen molar-refractivity contribution in [3.05, 3.63) is 41.9 Å². The minimum Gasteiger partial charge on any atom is -0.466 e. The third kappa shape index (κ3) is 3.31. The molecule has 0 aromatic carbocycles. The van der Waals surface area contributed by atoms with Crippen LogP contribution in [0, 0.1) is 0 Å². The van der Waals surface area contributed by atoms with Crippen molar-refractivity contribution in [3.8, 4) is 0 Å². The average molecular weight is 192 g/mol. The van der Waals surface area contributed by atoms with Gasteiger partial charge in [0.05, 0.1) is 13.4 Å². The number of hydrogen-bond acceptors (Lipinski definition) is 3. The Bertz CT molecular complexity index is 345. The summed E-state index contributed by atoms with van der Waals surface area (Å²) in [6.45, 7) is 1.82. The molecule has 1 rings (SSSR count). The molecule has 0 bridgehead atoms. The van der Waals surface area contributed by atoms with Gasteiger partial charge in [-0.3, -0.25) is 0 Å². The predicted molar refractivity (Wildman–Crippen MR) is 53.5 cm³/mol. The Morgan fingerprint density at radius 2 is 2.36 bits per heavy atom. The first-order valence-electron chi connectivity index (χ1n) is 4.20. The summed E-state index contributed by atoms with van der Waals surface area (Å²) in [5, 5.41) is 0. The normalized spacial score (nSPS) is 12.0. The second-order valence-corrected chi connectivity index (χ2v) is 2.76. The van der Waals surface area contributed by atoms with Crippen molar-refractivity contribution >= 4 is 12.0 Å². The lowest BCUT2D eigenvalue weighted by Gasteiger charge is -1.92. The van der Waals surface area contributed by atoms with E-state index in [4.69, 9.17) is 4.42 Å². The minimum atomic E-state index is -0.355. The Morgan fingerprint density at radius 3 is 2.93 bits per heavy atom. The monoisotopic (exact) mass is 192 g/mol. The van der Waals surface area contributed by atoms with Crippen LogP contribution in [0.5, 0.6) is 0 Å². The van der Waals surface area contributed by atoms with Crippen LogP contribution in [0.3, 0.4) is 0 Å². The van der Waals surface area contributed by atoms with Gasteiger partial charge in [-0.25, -0.2) is 4.79 Å². The predicted octanol–water partition coefficient (Wildman–Crippen LogP) is 2.41. The second-order valence-electron chi connectivity index (χ2n) is 2.76. The summed E-state index contributed by atoms with van der Waals surface area (Å²) in [6, 6.07) is 3.64. The molecule has 0 N–H and O–H groups in total. The average Bonchev–Trinajstić information content (AvgIpc) is 2.67. The number of esters is 1. The summed E-state index contributed by atoms with van der Waals surface area (Å²) < 4.78 is 9.57. The number of carbonyl (C=O) groups excluding carboxylic acids is 1. The number of rotatable bonds is 3. The fourth-order valence-electron chi connectivity index (χ4n) is 0.893. The molecule has 3 heteroatoms. The lowest BCUT2D eigenvalue weighted by molar-refractivity contribution is -0.134. The van der Waals surface area contributed by atoms with E-state index in [1.807, 2.05) is 13.0 Å². The van der Waals surface area contributed by atoms with Crippen LogP contribution in [0.4, 0.5) is 0 Å². The van der Waals surface area contributed by atoms with E-state index in [0.29, 0.717) is 0 Å². The summed E-state index contributed by atoms with van der Waals surface area (Å²) >= 11 is 0. The minimum absolute atomic E-state index is 0.355. The molecule has 3 nitrogen and oxygen atoms in total. The molecule has 1 aromatic heterocycles. The van der Waals surface area contributed by atoms with Crippen LogP contribution in [0.2, 0.25) is 0 Å². The van der Waals surface area contributed by atoms with Crippen molar-refractivity contribution in [1.82, 2.24) is 0 Å². The lowest BCUT2D eigenvalue weighted by Crippen LogP contribution is -1.94. The topological polar surface area (TPSA) is 39.4 Å². The highest BCUT2D eigenvalue weighted by Gasteiger charge is 1.93. The number of furan rings is 1. The van der Waals surface area contributed by atoms with Crippen molar-refractivity contribution < 1.29 is 13.9 Å². The van der Waals surface area contributed by atoms with Gasteiger partial charge in [-0.05, 0) is 30.7 Å². The van der Waals surface area contributed by atoms with E-state index in [-0.39, 0.29) is 5.97 Å². The van der Waals surface area contributed by atoms with Crippen LogP contribution in [0.1, 0.15) is 12.7 Å². The Kier molecular flexibility index (Phi) is 3.73. The van der Waals surface area contributed by atoms with Crippen LogP contribution < -0.4 is 0 Å². The van der Waals surface area contributed by atoms with E-state index in [1.165, 1.54) is 13.2 Å². The molecule has 0 aliphatic carbocycles. The summed E-state index contributed by atoms with van der Waals surface area (Å²) in [6.07, 6.45) is 6.59. The second kappa shape index (κ2) is 5.07. The van der Waals surface area contributed by atoms with Crippen LogP contribution in [-0.4, -0.2) is 13.1 Å². The standard InChI is InChI=1S/C11H12O3/c1-9(8-11(12)13-2)5-6-10-4-3-7-14-10/h3-8H,1-2H3/b6-5+,9-8+. The van der Waals surface area contributed by atoms with Crippen molar-refractivity contribution in [2.45, 2.75) is 6.92 Å². The third-order valence-electron chi connectivity index (χ3n) is 1.60. The molecule has 0 aliphatic heterocycles. The molecule has 14 heavy (non-hydrogen) atoms. The molecule has 1 aromatic rings. The zero-order chi connectivity index (χ0) is 10.4. The van der Waals surface area contributed by atoms with Crippen molar-refractivity contribution in [2.24, 2.45) is 0 Å². The van der Waals surface area contributed by atoms with Crippen molar-refractivity contribution in [2.75, 3.05) is 7.11 Å². The lowest BCUT2D eigenvalue weighted by atomic mass is 10.2. The number of hydrogen-bond donors (Lipinski definition) is 0. The van der Waals surface area contributed by atoms with Gasteiger partial charge in [-0.1, -0.05) is 6.08 Å². The Balaban J connectivity index is 2.60. The summed E-state index contributed by atoms with van der Waals surface area (Å²) in [5.74, 6) is 0.397. The van der Waals surface area contributed by atoms with E-state index >= 15 is 0 Å². The third-order valence-corrected chi connectivity index (χ3v) is 1.60. The van der Waals surface area contributed by atoms with E-state index < -0.39 is 0 Å². The van der Waals surface area contributed by atoms with E-state index in [2.05, 4.69) is 4.74 Å². The fraction of sp³-hybridized carbons (Fsp3) is 0.182. The first kappa shape index (κ1) is 10.3. The van der Waals surface area contributed by atoms with Crippen LogP contribution >= 0.6 is 0 Å². The SMILES string of the molecule is COC(=O)/C=C(C)/C=C/c1ccco1. The Morgan fingerprint density at radius 1 is 1.57 bits per heavy atom. The number of allylic oxidation sites excluding steroid dienone is 2. The molecule has 0 aliphatic rings. The van der Waals surface area contributed by atoms with Gasteiger partial charge in [0.2, 0.25) is 0 Å². The molecule has 0 spiro atoms. The highest BCUT2D eigenvalue weighted by molar-refractivity contribution is 5.83. The number of carbonyl (C=O) groups is 1. The van der Waals surface area contributed by atoms with Gasteiger partial charge in [-0.15, -0.1) is 0 Å². The zero-order valence-corrected chi connectivity index (χ0v) is 8.19. The molecule has 0 amide bonds. The maximum absolute atomic E-state index is 10.8. The van der Waals surface area contributed by atoms with Gasteiger partial charge in [-0.2, -0.15) is 0 Å². The number of ether oxygens (including phenoxy) is 1. The molecule has 0 saturated heterocycles. The van der Waals surface area contributed by atoms with E-state index in [9.17, 15) is 4.79 Å².